The van der Waals surface area contributed by atoms with E-state index >= 15 is 0 Å². The number of nitrogens with zero attached hydrogens (tertiary/aromatic N) is 1. The molecule has 4 rings (SSSR count). The Hall–Kier alpha value is -4.26. The molecule has 4 aromatic rings. The highest BCUT2D eigenvalue weighted by Gasteiger charge is 2.31. The molecule has 4 aromatic carbocycles. The Morgan fingerprint density at radius 1 is 0.860 bits per heavy atom. The quantitative estimate of drug-likeness (QED) is 0.184. The summed E-state index contributed by atoms with van der Waals surface area (Å²) in [7, 11) is -4.35. The first-order chi connectivity index (χ1) is 20.3. The maximum absolute atomic E-state index is 13.9. The van der Waals surface area contributed by atoms with Gasteiger partial charge in [0, 0.05) is 10.7 Å². The number of hydrogen-bond acceptors (Lipinski definition) is 6. The van der Waals surface area contributed by atoms with E-state index < -0.39 is 40.6 Å². The van der Waals surface area contributed by atoms with Crippen molar-refractivity contribution in [3.63, 3.8) is 0 Å². The van der Waals surface area contributed by atoms with Crippen LogP contribution in [0.15, 0.2) is 102 Å². The zero-order chi connectivity index (χ0) is 31.2. The first-order valence-corrected chi connectivity index (χ1v) is 14.5. The summed E-state index contributed by atoms with van der Waals surface area (Å²) in [5.41, 5.74) is 0.907. The van der Waals surface area contributed by atoms with Crippen LogP contribution in [0.5, 0.6) is 5.75 Å². The van der Waals surface area contributed by atoms with Gasteiger partial charge in [-0.2, -0.15) is 0 Å². The Labute approximate surface area is 254 Å². The fourth-order valence-electron chi connectivity index (χ4n) is 3.77. The Morgan fingerprint density at radius 2 is 1.51 bits per heavy atom. The summed E-state index contributed by atoms with van der Waals surface area (Å²) in [6.45, 7) is -0.825. The number of benzene rings is 4. The van der Waals surface area contributed by atoms with E-state index in [0.717, 1.165) is 22.5 Å². The molecule has 14 heteroatoms. The largest absolute Gasteiger partial charge is 0.573 e. The Morgan fingerprint density at radius 3 is 2.14 bits per heavy atom. The Balaban J connectivity index is 1.49. The summed E-state index contributed by atoms with van der Waals surface area (Å²) in [5, 5.41) is 2.61. The van der Waals surface area contributed by atoms with Crippen LogP contribution in [0.25, 0.3) is 0 Å². The molecule has 0 bridgehead atoms. The molecule has 0 aromatic heterocycles. The van der Waals surface area contributed by atoms with E-state index in [1.807, 2.05) is 0 Å². The number of carbonyl (C=O) groups excluding carboxylic acids is 2. The molecule has 0 unspecified atom stereocenters. The SMILES string of the molecule is O=C(COC(=O)c1ccc(Cl)c(S(=O)(=O)N(Cc2ccccc2)c2ccc(Cl)cc2)c1)Nc1ccc(OC(F)(F)F)cc1. The van der Waals surface area contributed by atoms with Crippen molar-refractivity contribution in [3.05, 3.63) is 118 Å². The summed E-state index contributed by atoms with van der Waals surface area (Å²) in [5.74, 6) is -2.29. The zero-order valence-corrected chi connectivity index (χ0v) is 24.2. The number of halogens is 5. The van der Waals surface area contributed by atoms with Crippen molar-refractivity contribution in [3.8, 4) is 5.75 Å². The van der Waals surface area contributed by atoms with Gasteiger partial charge in [-0.05, 0) is 72.3 Å². The van der Waals surface area contributed by atoms with Gasteiger partial charge in [0.15, 0.2) is 6.61 Å². The minimum atomic E-state index is -4.87. The first kappa shape index (κ1) is 31.7. The predicted molar refractivity (Wildman–Crippen MR) is 155 cm³/mol. The molecule has 0 atom stereocenters. The fourth-order valence-corrected chi connectivity index (χ4v) is 5.85. The molecule has 0 aliphatic carbocycles. The van der Waals surface area contributed by atoms with E-state index in [0.29, 0.717) is 16.3 Å². The van der Waals surface area contributed by atoms with Gasteiger partial charge >= 0.3 is 12.3 Å². The molecule has 8 nitrogen and oxygen atoms in total. The van der Waals surface area contributed by atoms with Crippen LogP contribution in [-0.2, 0) is 26.1 Å². The van der Waals surface area contributed by atoms with E-state index in [1.54, 1.807) is 30.3 Å². The molecule has 0 fully saturated rings. The molecular weight excluding hydrogens is 632 g/mol. The van der Waals surface area contributed by atoms with Gasteiger partial charge in [-0.15, -0.1) is 13.2 Å². The van der Waals surface area contributed by atoms with Gasteiger partial charge in [0.2, 0.25) is 0 Å². The number of carbonyl (C=O) groups is 2. The molecule has 0 heterocycles. The van der Waals surface area contributed by atoms with Gasteiger partial charge < -0.3 is 14.8 Å². The molecule has 0 aliphatic rings. The average molecular weight is 653 g/mol. The lowest BCUT2D eigenvalue weighted by atomic mass is 10.2. The van der Waals surface area contributed by atoms with E-state index in [9.17, 15) is 31.2 Å². The molecule has 0 saturated carbocycles. The van der Waals surface area contributed by atoms with Crippen LogP contribution in [0.4, 0.5) is 24.5 Å². The van der Waals surface area contributed by atoms with Crippen LogP contribution >= 0.6 is 23.2 Å². The molecule has 0 aliphatic heterocycles. The van der Waals surface area contributed by atoms with Gasteiger partial charge in [-0.25, -0.2) is 13.2 Å². The third kappa shape index (κ3) is 8.63. The van der Waals surface area contributed by atoms with E-state index in [2.05, 4.69) is 10.1 Å². The van der Waals surface area contributed by atoms with Crippen LogP contribution in [0, 0.1) is 0 Å². The number of ether oxygens (including phenoxy) is 2. The number of nitrogens with one attached hydrogen (secondary N) is 1. The van der Waals surface area contributed by atoms with Crippen molar-refractivity contribution in [2.24, 2.45) is 0 Å². The normalized spacial score (nSPS) is 11.5. The predicted octanol–water partition coefficient (Wildman–Crippen LogP) is 7.08. The molecule has 1 N–H and O–H groups in total. The monoisotopic (exact) mass is 652 g/mol. The number of rotatable bonds is 10. The van der Waals surface area contributed by atoms with Crippen LogP contribution in [0.1, 0.15) is 15.9 Å². The topological polar surface area (TPSA) is 102 Å². The molecule has 0 spiro atoms. The minimum absolute atomic E-state index is 0.0563. The van der Waals surface area contributed by atoms with E-state index in [-0.39, 0.29) is 27.7 Å². The summed E-state index contributed by atoms with van der Waals surface area (Å²) in [6.07, 6.45) is -4.87. The van der Waals surface area contributed by atoms with Crippen molar-refractivity contribution in [2.45, 2.75) is 17.8 Å². The van der Waals surface area contributed by atoms with Crippen molar-refractivity contribution in [2.75, 3.05) is 16.2 Å². The second-order valence-electron chi connectivity index (χ2n) is 8.82. The average Bonchev–Trinajstić information content (AvgIpc) is 2.96. The summed E-state index contributed by atoms with van der Waals surface area (Å²) < 4.78 is 74.7. The number of hydrogen-bond donors (Lipinski definition) is 1. The molecule has 0 saturated heterocycles. The van der Waals surface area contributed by atoms with E-state index in [1.165, 1.54) is 48.5 Å². The maximum Gasteiger partial charge on any atom is 0.573 e. The summed E-state index contributed by atoms with van der Waals surface area (Å²) in [4.78, 5) is 24.6. The van der Waals surface area contributed by atoms with Crippen molar-refractivity contribution in [1.29, 1.82) is 0 Å². The van der Waals surface area contributed by atoms with Gasteiger partial charge in [0.1, 0.15) is 10.6 Å². The second kappa shape index (κ2) is 13.4. The lowest BCUT2D eigenvalue weighted by Crippen LogP contribution is -2.31. The smallest absolute Gasteiger partial charge is 0.452 e. The van der Waals surface area contributed by atoms with Gasteiger partial charge in [-0.3, -0.25) is 9.10 Å². The van der Waals surface area contributed by atoms with Gasteiger partial charge in [-0.1, -0.05) is 53.5 Å². The summed E-state index contributed by atoms with van der Waals surface area (Å²) in [6, 6.07) is 22.8. The van der Waals surface area contributed by atoms with Crippen LogP contribution in [0.2, 0.25) is 10.0 Å². The number of sulfonamides is 1. The van der Waals surface area contributed by atoms with Crippen LogP contribution in [-0.4, -0.2) is 33.3 Å². The second-order valence-corrected chi connectivity index (χ2v) is 11.5. The minimum Gasteiger partial charge on any atom is -0.452 e. The lowest BCUT2D eigenvalue weighted by Gasteiger charge is -2.25. The highest BCUT2D eigenvalue weighted by molar-refractivity contribution is 7.93. The number of amides is 1. The van der Waals surface area contributed by atoms with Crippen LogP contribution in [0.3, 0.4) is 0 Å². The number of anilines is 2. The third-order valence-electron chi connectivity index (χ3n) is 5.72. The summed E-state index contributed by atoms with van der Waals surface area (Å²) >= 11 is 12.3. The standard InChI is InChI=1S/C29H21Cl2F3N2O6S/c30-21-7-11-23(12-8-21)36(17-19-4-2-1-3-5-19)43(39,40)26-16-20(6-15-25(26)31)28(38)41-18-27(37)35-22-9-13-24(14-10-22)42-29(32,33)34/h1-16H,17-18H2,(H,35,37). The number of esters is 1. The van der Waals surface area contributed by atoms with Crippen LogP contribution < -0.4 is 14.4 Å². The van der Waals surface area contributed by atoms with Crippen molar-refractivity contribution >= 4 is 56.5 Å². The maximum atomic E-state index is 13.9. The molecule has 43 heavy (non-hydrogen) atoms. The Bertz CT molecular complexity index is 1700. The number of alkyl halides is 3. The van der Waals surface area contributed by atoms with E-state index in [4.69, 9.17) is 27.9 Å². The third-order valence-corrected chi connectivity index (χ3v) is 8.23. The fraction of sp³-hybridized carbons (Fsp3) is 0.103. The molecule has 0 radical (unpaired) electrons. The zero-order valence-electron chi connectivity index (χ0n) is 21.8. The Kier molecular flexibility index (Phi) is 9.84. The highest BCUT2D eigenvalue weighted by atomic mass is 35.5. The van der Waals surface area contributed by atoms with Gasteiger partial charge in [0.05, 0.1) is 22.8 Å². The highest BCUT2D eigenvalue weighted by Crippen LogP contribution is 2.32. The molecule has 1 amide bonds. The van der Waals surface area contributed by atoms with Crippen molar-refractivity contribution < 1.29 is 40.7 Å². The first-order valence-electron chi connectivity index (χ1n) is 12.3. The molecule has 224 valence electrons. The van der Waals surface area contributed by atoms with Gasteiger partial charge in [0.25, 0.3) is 15.9 Å². The molecular formula is C29H21Cl2F3N2O6S. The van der Waals surface area contributed by atoms with Crippen molar-refractivity contribution in [1.82, 2.24) is 0 Å². The lowest BCUT2D eigenvalue weighted by molar-refractivity contribution is -0.274.